The summed E-state index contributed by atoms with van der Waals surface area (Å²) in [4.78, 5) is 27.1. The van der Waals surface area contributed by atoms with Gasteiger partial charge in [0.1, 0.15) is 6.04 Å². The number of benzene rings is 3. The van der Waals surface area contributed by atoms with Crippen LogP contribution in [0, 0.1) is 0 Å². The van der Waals surface area contributed by atoms with Crippen LogP contribution < -0.4 is 15.8 Å². The molecule has 220 valence electrons. The van der Waals surface area contributed by atoms with Crippen molar-refractivity contribution in [3.05, 3.63) is 95.6 Å². The van der Waals surface area contributed by atoms with Gasteiger partial charge in [-0.15, -0.1) is 0 Å². The maximum atomic E-state index is 13.1. The molecule has 9 nitrogen and oxygen atoms in total. The monoisotopic (exact) mass is 580 g/mol. The molecule has 0 fully saturated rings. The normalized spacial score (nSPS) is 12.3. The van der Waals surface area contributed by atoms with E-state index in [1.807, 2.05) is 80.6 Å². The number of carbonyl (C=O) groups excluding carboxylic acids is 2. The Labute approximate surface area is 243 Å². The van der Waals surface area contributed by atoms with Crippen LogP contribution in [0.2, 0.25) is 0 Å². The maximum absolute atomic E-state index is 13.1. The molecule has 1 atom stereocenters. The molecule has 0 unspecified atom stereocenters. The largest absolute Gasteiger partial charge is 0.375 e. The van der Waals surface area contributed by atoms with Crippen LogP contribution in [-0.4, -0.2) is 63.2 Å². The molecule has 3 aromatic rings. The van der Waals surface area contributed by atoms with E-state index < -0.39 is 27.9 Å². The minimum absolute atomic E-state index is 0.0831. The number of nitrogens with zero attached hydrogens (tertiary/aromatic N) is 1. The van der Waals surface area contributed by atoms with E-state index in [2.05, 4.69) is 14.9 Å². The number of sulfonamides is 1. The zero-order chi connectivity index (χ0) is 29.7. The summed E-state index contributed by atoms with van der Waals surface area (Å²) < 4.78 is 34.0. The van der Waals surface area contributed by atoms with Crippen LogP contribution in [0.5, 0.6) is 0 Å². The Hall–Kier alpha value is -3.57. The zero-order valence-electron chi connectivity index (χ0n) is 23.7. The molecule has 0 aliphatic rings. The van der Waals surface area contributed by atoms with E-state index in [1.54, 1.807) is 12.1 Å². The molecule has 3 rings (SSSR count). The van der Waals surface area contributed by atoms with Crippen molar-refractivity contribution in [2.75, 3.05) is 32.0 Å². The Balaban J connectivity index is 1.64. The lowest BCUT2D eigenvalue weighted by atomic mass is 9.98. The predicted octanol–water partition coefficient (Wildman–Crippen LogP) is 3.31. The molecule has 0 saturated heterocycles. The first-order valence-corrected chi connectivity index (χ1v) is 15.5. The Bertz CT molecular complexity index is 1360. The molecule has 41 heavy (non-hydrogen) atoms. The summed E-state index contributed by atoms with van der Waals surface area (Å²) in [5.41, 5.74) is 9.21. The molecule has 0 heterocycles. The van der Waals surface area contributed by atoms with Gasteiger partial charge in [0.25, 0.3) is 0 Å². The van der Waals surface area contributed by atoms with Crippen LogP contribution in [0.3, 0.4) is 0 Å². The maximum Gasteiger partial charge on any atom is 0.249 e. The van der Waals surface area contributed by atoms with E-state index in [1.165, 1.54) is 0 Å². The average Bonchev–Trinajstić information content (AvgIpc) is 2.98. The number of primary amides is 1. The van der Waals surface area contributed by atoms with Crippen molar-refractivity contribution in [1.29, 1.82) is 0 Å². The summed E-state index contributed by atoms with van der Waals surface area (Å²) in [6, 6.07) is 22.9. The van der Waals surface area contributed by atoms with Crippen LogP contribution in [0.15, 0.2) is 78.9 Å². The second-order valence-corrected chi connectivity index (χ2v) is 11.6. The van der Waals surface area contributed by atoms with Crippen molar-refractivity contribution in [2.24, 2.45) is 5.73 Å². The van der Waals surface area contributed by atoms with Gasteiger partial charge in [0.2, 0.25) is 21.8 Å². The first-order chi connectivity index (χ1) is 19.7. The first kappa shape index (κ1) is 32.0. The fourth-order valence-corrected chi connectivity index (χ4v) is 5.63. The predicted molar refractivity (Wildman–Crippen MR) is 161 cm³/mol. The summed E-state index contributed by atoms with van der Waals surface area (Å²) in [5.74, 6) is -1.07. The molecule has 0 radical (unpaired) electrons. The number of nitrogens with two attached hydrogens (primary N) is 1. The molecular formula is C31H40N4O5S. The first-order valence-electron chi connectivity index (χ1n) is 13.8. The van der Waals surface area contributed by atoms with Crippen LogP contribution in [-0.2, 0) is 32.7 Å². The highest BCUT2D eigenvalue weighted by Crippen LogP contribution is 2.23. The molecular weight excluding hydrogens is 540 g/mol. The summed E-state index contributed by atoms with van der Waals surface area (Å²) in [5, 5.41) is 2.82. The minimum Gasteiger partial charge on any atom is -0.375 e. The third-order valence-electron chi connectivity index (χ3n) is 6.74. The zero-order valence-corrected chi connectivity index (χ0v) is 24.5. The number of hydrogen-bond acceptors (Lipinski definition) is 6. The Morgan fingerprint density at radius 3 is 2.22 bits per heavy atom. The van der Waals surface area contributed by atoms with Crippen molar-refractivity contribution < 1.29 is 22.7 Å². The molecule has 2 amide bonds. The van der Waals surface area contributed by atoms with Crippen LogP contribution in [0.1, 0.15) is 41.8 Å². The topological polar surface area (TPSA) is 131 Å². The summed E-state index contributed by atoms with van der Waals surface area (Å²) in [6.07, 6.45) is 0.460. The van der Waals surface area contributed by atoms with Crippen molar-refractivity contribution in [1.82, 2.24) is 14.9 Å². The quantitative estimate of drug-likeness (QED) is 0.225. The SMILES string of the molecule is CCN(CC)CCCS(=O)(=O)N[C@H](COCc1ccccc1)C(=O)NCc1ccc(-c2ccccc2C(N)=O)cc1. The van der Waals surface area contributed by atoms with E-state index in [9.17, 15) is 18.0 Å². The second-order valence-electron chi connectivity index (χ2n) is 9.70. The number of carbonyl (C=O) groups is 2. The lowest BCUT2D eigenvalue weighted by molar-refractivity contribution is -0.124. The van der Waals surface area contributed by atoms with Crippen LogP contribution >= 0.6 is 0 Å². The highest BCUT2D eigenvalue weighted by atomic mass is 32.2. The average molecular weight is 581 g/mol. The third-order valence-corrected chi connectivity index (χ3v) is 8.21. The molecule has 10 heteroatoms. The Morgan fingerprint density at radius 1 is 0.902 bits per heavy atom. The van der Waals surface area contributed by atoms with Gasteiger partial charge in [-0.1, -0.05) is 86.6 Å². The minimum atomic E-state index is -3.72. The lowest BCUT2D eigenvalue weighted by Gasteiger charge is -2.20. The van der Waals surface area contributed by atoms with E-state index in [4.69, 9.17) is 10.5 Å². The van der Waals surface area contributed by atoms with Gasteiger partial charge in [-0.3, -0.25) is 9.59 Å². The molecule has 3 aromatic carbocycles. The van der Waals surface area contributed by atoms with Gasteiger partial charge in [0, 0.05) is 12.1 Å². The third kappa shape index (κ3) is 10.4. The lowest BCUT2D eigenvalue weighted by Crippen LogP contribution is -2.49. The van der Waals surface area contributed by atoms with Crippen molar-refractivity contribution in [3.63, 3.8) is 0 Å². The van der Waals surface area contributed by atoms with Gasteiger partial charge >= 0.3 is 0 Å². The fraction of sp³-hybridized carbons (Fsp3) is 0.355. The highest BCUT2D eigenvalue weighted by molar-refractivity contribution is 7.89. The van der Waals surface area contributed by atoms with E-state index in [0.29, 0.717) is 18.5 Å². The number of nitrogens with one attached hydrogen (secondary N) is 2. The summed E-state index contributed by atoms with van der Waals surface area (Å²) >= 11 is 0. The van der Waals surface area contributed by atoms with Gasteiger partial charge in [-0.25, -0.2) is 13.1 Å². The second kappa shape index (κ2) is 16.0. The summed E-state index contributed by atoms with van der Waals surface area (Å²) in [6.45, 7) is 6.76. The molecule has 4 N–H and O–H groups in total. The van der Waals surface area contributed by atoms with Crippen LogP contribution in [0.4, 0.5) is 0 Å². The number of hydrogen-bond donors (Lipinski definition) is 3. The van der Waals surface area contributed by atoms with Crippen molar-refractivity contribution >= 4 is 21.8 Å². The Morgan fingerprint density at radius 2 is 1.56 bits per heavy atom. The summed E-state index contributed by atoms with van der Waals surface area (Å²) in [7, 11) is -3.72. The van der Waals surface area contributed by atoms with Gasteiger partial charge in [-0.05, 0) is 54.4 Å². The molecule has 0 spiro atoms. The molecule has 0 aromatic heterocycles. The van der Waals surface area contributed by atoms with Gasteiger partial charge in [-0.2, -0.15) is 0 Å². The standard InChI is InChI=1S/C31H40N4O5S/c1-3-35(4-2)19-10-20-41(38,39)34-29(23-40-22-25-11-6-5-7-12-25)31(37)33-21-24-15-17-26(18-16-24)27-13-8-9-14-28(27)30(32)36/h5-9,11-18,29,34H,3-4,10,19-23H2,1-2H3,(H2,32,36)(H,33,37)/t29-/m1/s1. The Kier molecular flexibility index (Phi) is 12.5. The van der Waals surface area contributed by atoms with Gasteiger partial charge < -0.3 is 20.7 Å². The van der Waals surface area contributed by atoms with E-state index in [-0.39, 0.29) is 25.5 Å². The van der Waals surface area contributed by atoms with Gasteiger partial charge in [0.15, 0.2) is 0 Å². The van der Waals surface area contributed by atoms with E-state index in [0.717, 1.165) is 35.3 Å². The van der Waals surface area contributed by atoms with Crippen molar-refractivity contribution in [2.45, 2.75) is 39.5 Å². The van der Waals surface area contributed by atoms with E-state index >= 15 is 0 Å². The van der Waals surface area contributed by atoms with Gasteiger partial charge in [0.05, 0.1) is 19.0 Å². The molecule has 0 aliphatic heterocycles. The molecule has 0 saturated carbocycles. The smallest absolute Gasteiger partial charge is 0.249 e. The molecule has 0 aliphatic carbocycles. The van der Waals surface area contributed by atoms with Crippen molar-refractivity contribution in [3.8, 4) is 11.1 Å². The number of amides is 2. The fourth-order valence-electron chi connectivity index (χ4n) is 4.39. The highest BCUT2D eigenvalue weighted by Gasteiger charge is 2.25. The number of rotatable bonds is 17. The van der Waals surface area contributed by atoms with Crippen LogP contribution in [0.25, 0.3) is 11.1 Å². The number of ether oxygens (including phenoxy) is 1. The molecule has 0 bridgehead atoms.